The molecule has 0 saturated heterocycles. The molecule has 0 aliphatic rings. The standard InChI is InChI=1S/C31H38ClN3O6S/c1-6-27(31(37)33-19-22(2)3)34(20-23-12-15-25(40-4)16-13-23)30(36)21-35(28-18-24(32)14-17-29(28)41-5)42(38,39)26-10-8-7-9-11-26/h7-18,22,27H,6,19-21H2,1-5H3,(H,33,37)/t27-/m0/s1. The van der Waals surface area contributed by atoms with Crippen LogP contribution in [-0.2, 0) is 26.2 Å². The highest BCUT2D eigenvalue weighted by molar-refractivity contribution is 7.92. The highest BCUT2D eigenvalue weighted by Crippen LogP contribution is 2.35. The predicted molar refractivity (Wildman–Crippen MR) is 164 cm³/mol. The van der Waals surface area contributed by atoms with Gasteiger partial charge in [-0.1, -0.05) is 62.7 Å². The normalized spacial score (nSPS) is 12.0. The van der Waals surface area contributed by atoms with Gasteiger partial charge in [-0.05, 0) is 60.4 Å². The number of ether oxygens (including phenoxy) is 2. The molecule has 0 radical (unpaired) electrons. The molecule has 0 unspecified atom stereocenters. The highest BCUT2D eigenvalue weighted by Gasteiger charge is 2.35. The number of carbonyl (C=O) groups excluding carboxylic acids is 2. The van der Waals surface area contributed by atoms with Crippen molar-refractivity contribution in [2.45, 2.75) is 44.7 Å². The maximum absolute atomic E-state index is 14.2. The Kier molecular flexibility index (Phi) is 11.6. The molecule has 0 aliphatic heterocycles. The highest BCUT2D eigenvalue weighted by atomic mass is 35.5. The van der Waals surface area contributed by atoms with Gasteiger partial charge in [-0.15, -0.1) is 0 Å². The molecule has 3 aromatic carbocycles. The first-order valence-corrected chi connectivity index (χ1v) is 15.4. The Morgan fingerprint density at radius 3 is 2.19 bits per heavy atom. The SMILES string of the molecule is CC[C@@H](C(=O)NCC(C)C)N(Cc1ccc(OC)cc1)C(=O)CN(c1cc(Cl)ccc1OC)S(=O)(=O)c1ccccc1. The van der Waals surface area contributed by atoms with Crippen molar-refractivity contribution in [3.8, 4) is 11.5 Å². The van der Waals surface area contributed by atoms with Crippen molar-refractivity contribution >= 4 is 39.1 Å². The van der Waals surface area contributed by atoms with Crippen LogP contribution in [0.3, 0.4) is 0 Å². The van der Waals surface area contributed by atoms with E-state index >= 15 is 0 Å². The molecule has 9 nitrogen and oxygen atoms in total. The molecular formula is C31H38ClN3O6S. The molecular weight excluding hydrogens is 578 g/mol. The number of rotatable bonds is 14. The number of hydrogen-bond acceptors (Lipinski definition) is 6. The zero-order valence-corrected chi connectivity index (χ0v) is 26.1. The molecule has 0 aromatic heterocycles. The van der Waals surface area contributed by atoms with E-state index < -0.39 is 28.5 Å². The van der Waals surface area contributed by atoms with E-state index in [1.54, 1.807) is 61.7 Å². The van der Waals surface area contributed by atoms with E-state index in [1.807, 2.05) is 20.8 Å². The van der Waals surface area contributed by atoms with E-state index in [2.05, 4.69) is 5.32 Å². The summed E-state index contributed by atoms with van der Waals surface area (Å²) in [7, 11) is -1.29. The van der Waals surface area contributed by atoms with Crippen LogP contribution < -0.4 is 19.1 Å². The van der Waals surface area contributed by atoms with Crippen molar-refractivity contribution < 1.29 is 27.5 Å². The van der Waals surface area contributed by atoms with Crippen LogP contribution in [0, 0.1) is 5.92 Å². The van der Waals surface area contributed by atoms with Gasteiger partial charge in [0.15, 0.2) is 0 Å². The molecule has 3 aromatic rings. The lowest BCUT2D eigenvalue weighted by molar-refractivity contribution is -0.140. The lowest BCUT2D eigenvalue weighted by Gasteiger charge is -2.33. The first-order valence-electron chi connectivity index (χ1n) is 13.6. The van der Waals surface area contributed by atoms with Gasteiger partial charge in [-0.3, -0.25) is 13.9 Å². The summed E-state index contributed by atoms with van der Waals surface area (Å²) in [6.07, 6.45) is 0.317. The Hall–Kier alpha value is -3.76. The topological polar surface area (TPSA) is 105 Å². The third kappa shape index (κ3) is 8.17. The van der Waals surface area contributed by atoms with Gasteiger partial charge in [0.05, 0.1) is 24.8 Å². The molecule has 0 aliphatic carbocycles. The summed E-state index contributed by atoms with van der Waals surface area (Å²) in [4.78, 5) is 28.9. The van der Waals surface area contributed by atoms with Crippen molar-refractivity contribution in [3.05, 3.63) is 83.4 Å². The van der Waals surface area contributed by atoms with E-state index in [0.717, 1.165) is 9.87 Å². The van der Waals surface area contributed by atoms with Crippen molar-refractivity contribution in [2.24, 2.45) is 5.92 Å². The van der Waals surface area contributed by atoms with Crippen LogP contribution in [0.2, 0.25) is 5.02 Å². The molecule has 0 heterocycles. The average Bonchev–Trinajstić information content (AvgIpc) is 2.99. The Morgan fingerprint density at radius 2 is 1.62 bits per heavy atom. The smallest absolute Gasteiger partial charge is 0.264 e. The molecule has 42 heavy (non-hydrogen) atoms. The Balaban J connectivity index is 2.10. The maximum Gasteiger partial charge on any atom is 0.264 e. The monoisotopic (exact) mass is 615 g/mol. The van der Waals surface area contributed by atoms with Gasteiger partial charge in [-0.2, -0.15) is 0 Å². The first kappa shape index (κ1) is 32.8. The zero-order valence-electron chi connectivity index (χ0n) is 24.5. The summed E-state index contributed by atoms with van der Waals surface area (Å²) in [6, 6.07) is 18.6. The fourth-order valence-electron chi connectivity index (χ4n) is 4.36. The quantitative estimate of drug-likeness (QED) is 0.270. The fourth-order valence-corrected chi connectivity index (χ4v) is 5.96. The minimum atomic E-state index is -4.26. The third-order valence-electron chi connectivity index (χ3n) is 6.60. The van der Waals surface area contributed by atoms with Crippen LogP contribution in [0.1, 0.15) is 32.8 Å². The first-order chi connectivity index (χ1) is 20.0. The van der Waals surface area contributed by atoms with Crippen molar-refractivity contribution in [3.63, 3.8) is 0 Å². The number of sulfonamides is 1. The van der Waals surface area contributed by atoms with E-state index in [1.165, 1.54) is 30.2 Å². The van der Waals surface area contributed by atoms with E-state index in [0.29, 0.717) is 18.7 Å². The van der Waals surface area contributed by atoms with Crippen LogP contribution in [0.4, 0.5) is 5.69 Å². The van der Waals surface area contributed by atoms with Gasteiger partial charge in [0.2, 0.25) is 11.8 Å². The zero-order chi connectivity index (χ0) is 30.9. The number of hydrogen-bond donors (Lipinski definition) is 1. The Morgan fingerprint density at radius 1 is 0.952 bits per heavy atom. The molecule has 0 fully saturated rings. The lowest BCUT2D eigenvalue weighted by Crippen LogP contribution is -2.52. The van der Waals surface area contributed by atoms with E-state index in [9.17, 15) is 18.0 Å². The third-order valence-corrected chi connectivity index (χ3v) is 8.61. The van der Waals surface area contributed by atoms with Crippen molar-refractivity contribution in [1.82, 2.24) is 10.2 Å². The van der Waals surface area contributed by atoms with Crippen LogP contribution in [-0.4, -0.2) is 58.5 Å². The summed E-state index contributed by atoms with van der Waals surface area (Å²) in [5.41, 5.74) is 0.848. The fraction of sp³-hybridized carbons (Fsp3) is 0.355. The van der Waals surface area contributed by atoms with Gasteiger partial charge >= 0.3 is 0 Å². The molecule has 0 saturated carbocycles. The molecule has 2 amide bonds. The summed E-state index contributed by atoms with van der Waals surface area (Å²) in [5.74, 6) is 0.186. The Bertz CT molecular complexity index is 1450. The number of nitrogens with one attached hydrogen (secondary N) is 1. The summed E-state index contributed by atoms with van der Waals surface area (Å²) in [6.45, 7) is 5.68. The number of carbonyl (C=O) groups is 2. The number of nitrogens with zero attached hydrogens (tertiary/aromatic N) is 2. The van der Waals surface area contributed by atoms with Gasteiger partial charge in [-0.25, -0.2) is 8.42 Å². The molecule has 226 valence electrons. The minimum absolute atomic E-state index is 0.0109. The number of benzene rings is 3. The number of methoxy groups -OCH3 is 2. The van der Waals surface area contributed by atoms with E-state index in [-0.39, 0.29) is 39.7 Å². The summed E-state index contributed by atoms with van der Waals surface area (Å²) < 4.78 is 39.7. The molecule has 1 atom stereocenters. The van der Waals surface area contributed by atoms with E-state index in [4.69, 9.17) is 21.1 Å². The molecule has 0 spiro atoms. The van der Waals surface area contributed by atoms with Crippen LogP contribution in [0.15, 0.2) is 77.7 Å². The molecule has 1 N–H and O–H groups in total. The largest absolute Gasteiger partial charge is 0.497 e. The minimum Gasteiger partial charge on any atom is -0.497 e. The second-order valence-electron chi connectivity index (χ2n) is 10.1. The number of halogens is 1. The van der Waals surface area contributed by atoms with Crippen LogP contribution >= 0.6 is 11.6 Å². The molecule has 3 rings (SSSR count). The number of amides is 2. The summed E-state index contributed by atoms with van der Waals surface area (Å²) >= 11 is 6.28. The average molecular weight is 616 g/mol. The lowest BCUT2D eigenvalue weighted by atomic mass is 10.1. The second-order valence-corrected chi connectivity index (χ2v) is 12.4. The second kappa shape index (κ2) is 14.9. The van der Waals surface area contributed by atoms with Gasteiger partial charge in [0.25, 0.3) is 10.0 Å². The number of anilines is 1. The van der Waals surface area contributed by atoms with Gasteiger partial charge in [0.1, 0.15) is 24.1 Å². The molecule has 0 bridgehead atoms. The van der Waals surface area contributed by atoms with Gasteiger partial charge < -0.3 is 19.7 Å². The van der Waals surface area contributed by atoms with Gasteiger partial charge in [0, 0.05) is 18.1 Å². The Labute approximate surface area is 253 Å². The maximum atomic E-state index is 14.2. The van der Waals surface area contributed by atoms with Crippen molar-refractivity contribution in [2.75, 3.05) is 31.6 Å². The molecule has 11 heteroatoms. The predicted octanol–water partition coefficient (Wildman–Crippen LogP) is 5.13. The van der Waals surface area contributed by atoms with Crippen LogP contribution in [0.25, 0.3) is 0 Å². The van der Waals surface area contributed by atoms with Crippen LogP contribution in [0.5, 0.6) is 11.5 Å². The van der Waals surface area contributed by atoms with Crippen molar-refractivity contribution in [1.29, 1.82) is 0 Å². The summed E-state index contributed by atoms with van der Waals surface area (Å²) in [5, 5.41) is 3.18.